The minimum Gasteiger partial charge on any atom is -0.340 e. The van der Waals surface area contributed by atoms with Gasteiger partial charge in [-0.05, 0) is 94.4 Å². The Bertz CT molecular complexity index is 1110. The van der Waals surface area contributed by atoms with Gasteiger partial charge in [-0.3, -0.25) is 4.79 Å². The monoisotopic (exact) mass is 401 g/mol. The molecule has 0 saturated heterocycles. The summed E-state index contributed by atoms with van der Waals surface area (Å²) in [6.45, 7) is 3.57. The van der Waals surface area contributed by atoms with E-state index in [1.807, 2.05) is 41.8 Å². The van der Waals surface area contributed by atoms with Crippen LogP contribution >= 0.6 is 0 Å². The third kappa shape index (κ3) is 2.84. The number of rotatable bonds is 4. The van der Waals surface area contributed by atoms with Crippen molar-refractivity contribution in [3.05, 3.63) is 47.4 Å². The third-order valence-electron chi connectivity index (χ3n) is 7.52. The zero-order valence-corrected chi connectivity index (χ0v) is 17.6. The van der Waals surface area contributed by atoms with Gasteiger partial charge in [0.15, 0.2) is 11.6 Å². The first-order valence-electron chi connectivity index (χ1n) is 11.1. The summed E-state index contributed by atoms with van der Waals surface area (Å²) in [5.74, 6) is 5.16. The summed E-state index contributed by atoms with van der Waals surface area (Å²) >= 11 is 0. The molecule has 0 amide bonds. The van der Waals surface area contributed by atoms with Gasteiger partial charge in [-0.1, -0.05) is 0 Å². The molecule has 4 aliphatic rings. The highest BCUT2D eigenvalue weighted by Crippen LogP contribution is 2.60. The number of benzene rings is 1. The molecule has 1 N–H and O–H groups in total. The summed E-state index contributed by atoms with van der Waals surface area (Å²) in [6, 6.07) is 9.55. The van der Waals surface area contributed by atoms with Crippen molar-refractivity contribution >= 4 is 23.1 Å². The summed E-state index contributed by atoms with van der Waals surface area (Å²) < 4.78 is 1.86. The topological polar surface area (TPSA) is 72.2 Å². The maximum Gasteiger partial charge on any atom is 0.254 e. The predicted molar refractivity (Wildman–Crippen MR) is 115 cm³/mol. The number of carbonyl (C=O) groups is 1. The molecular weight excluding hydrogens is 374 g/mol. The Balaban J connectivity index is 1.38. The van der Waals surface area contributed by atoms with Gasteiger partial charge in [0.2, 0.25) is 0 Å². The van der Waals surface area contributed by atoms with Gasteiger partial charge in [0, 0.05) is 28.4 Å². The molecule has 4 bridgehead atoms. The summed E-state index contributed by atoms with van der Waals surface area (Å²) in [4.78, 5) is 21.2. The van der Waals surface area contributed by atoms with Crippen LogP contribution in [0, 0.1) is 24.7 Å². The number of fused-ring (bicyclic) bond motifs is 1. The van der Waals surface area contributed by atoms with Gasteiger partial charge in [0.05, 0.1) is 0 Å². The maximum absolute atomic E-state index is 11.5. The van der Waals surface area contributed by atoms with Gasteiger partial charge in [-0.25, -0.2) is 4.98 Å². The van der Waals surface area contributed by atoms with E-state index in [1.54, 1.807) is 6.92 Å². The Morgan fingerprint density at radius 1 is 1.03 bits per heavy atom. The largest absolute Gasteiger partial charge is 0.340 e. The number of nitrogens with zero attached hydrogens (tertiary/aromatic N) is 4. The first kappa shape index (κ1) is 18.0. The van der Waals surface area contributed by atoms with Crippen LogP contribution in [-0.2, 0) is 5.41 Å². The number of anilines is 2. The molecule has 0 unspecified atom stereocenters. The van der Waals surface area contributed by atoms with Crippen molar-refractivity contribution in [2.75, 3.05) is 5.32 Å². The van der Waals surface area contributed by atoms with Crippen LogP contribution in [0.4, 0.5) is 11.5 Å². The van der Waals surface area contributed by atoms with E-state index in [-0.39, 0.29) is 11.2 Å². The van der Waals surface area contributed by atoms with E-state index in [4.69, 9.17) is 10.1 Å². The predicted octanol–water partition coefficient (Wildman–Crippen LogP) is 4.85. The second-order valence-electron chi connectivity index (χ2n) is 9.89. The zero-order chi connectivity index (χ0) is 20.5. The normalized spacial score (nSPS) is 29.5. The molecule has 2 aromatic heterocycles. The Hall–Kier alpha value is -2.76. The fourth-order valence-corrected chi connectivity index (χ4v) is 6.62. The number of ketones is 1. The van der Waals surface area contributed by atoms with Gasteiger partial charge >= 0.3 is 0 Å². The average Bonchev–Trinajstić information content (AvgIpc) is 3.12. The summed E-state index contributed by atoms with van der Waals surface area (Å²) in [5, 5.41) is 8.46. The molecule has 0 atom stereocenters. The van der Waals surface area contributed by atoms with E-state index in [2.05, 4.69) is 10.3 Å². The molecule has 0 spiro atoms. The number of hydrogen-bond acceptors (Lipinski definition) is 5. The Morgan fingerprint density at radius 2 is 1.67 bits per heavy atom. The van der Waals surface area contributed by atoms with Crippen molar-refractivity contribution in [2.45, 2.75) is 57.8 Å². The molecule has 30 heavy (non-hydrogen) atoms. The van der Waals surface area contributed by atoms with Crippen molar-refractivity contribution in [3.8, 4) is 0 Å². The molecule has 6 heteroatoms. The van der Waals surface area contributed by atoms with Crippen LogP contribution < -0.4 is 5.32 Å². The van der Waals surface area contributed by atoms with Crippen LogP contribution in [0.1, 0.15) is 67.3 Å². The van der Waals surface area contributed by atoms with Crippen LogP contribution in [0.5, 0.6) is 0 Å². The molecule has 7 rings (SSSR count). The van der Waals surface area contributed by atoms with Crippen molar-refractivity contribution in [2.24, 2.45) is 17.8 Å². The van der Waals surface area contributed by atoms with Gasteiger partial charge in [0.1, 0.15) is 5.82 Å². The van der Waals surface area contributed by atoms with Crippen molar-refractivity contribution in [3.63, 3.8) is 0 Å². The fraction of sp³-hybridized carbons (Fsp3) is 0.500. The average molecular weight is 402 g/mol. The van der Waals surface area contributed by atoms with Crippen molar-refractivity contribution < 1.29 is 4.79 Å². The summed E-state index contributed by atoms with van der Waals surface area (Å²) in [7, 11) is 0. The standard InChI is InChI=1S/C24H27N5O/c1-14-7-21(26-20-5-3-19(4-6-20)15(2)30)29-23(25-14)27-22(28-29)24-11-16-8-17(12-24)10-18(9-16)13-24/h3-7,16-18,26H,8-13H2,1-2H3. The second kappa shape index (κ2) is 6.37. The maximum atomic E-state index is 11.5. The van der Waals surface area contributed by atoms with Gasteiger partial charge in [-0.2, -0.15) is 9.50 Å². The van der Waals surface area contributed by atoms with Crippen LogP contribution in [-0.4, -0.2) is 25.4 Å². The molecular formula is C24H27N5O. The SMILES string of the molecule is CC(=O)c1ccc(Nc2cc(C)nc3nc(C45CC6CC(CC(C6)C4)C5)nn23)cc1. The fourth-order valence-electron chi connectivity index (χ4n) is 6.62. The lowest BCUT2D eigenvalue weighted by molar-refractivity contribution is -0.00925. The van der Waals surface area contributed by atoms with E-state index < -0.39 is 0 Å². The number of aromatic nitrogens is 4. The van der Waals surface area contributed by atoms with Gasteiger partial charge in [-0.15, -0.1) is 5.10 Å². The van der Waals surface area contributed by atoms with E-state index in [0.29, 0.717) is 11.3 Å². The highest BCUT2D eigenvalue weighted by atomic mass is 16.1. The van der Waals surface area contributed by atoms with E-state index in [9.17, 15) is 4.79 Å². The number of Topliss-reactive ketones (excluding diaryl/α,β-unsaturated/α-hetero) is 1. The number of aryl methyl sites for hydroxylation is 1. The molecule has 154 valence electrons. The highest BCUT2D eigenvalue weighted by molar-refractivity contribution is 5.94. The quantitative estimate of drug-likeness (QED) is 0.633. The lowest BCUT2D eigenvalue weighted by Crippen LogP contribution is -2.49. The number of nitrogens with one attached hydrogen (secondary N) is 1. The zero-order valence-electron chi connectivity index (χ0n) is 17.6. The lowest BCUT2D eigenvalue weighted by Gasteiger charge is -2.55. The molecule has 0 aliphatic heterocycles. The van der Waals surface area contributed by atoms with Crippen LogP contribution in [0.15, 0.2) is 30.3 Å². The number of hydrogen-bond donors (Lipinski definition) is 1. The van der Waals surface area contributed by atoms with Crippen LogP contribution in [0.25, 0.3) is 5.78 Å². The Morgan fingerprint density at radius 3 is 2.27 bits per heavy atom. The van der Waals surface area contributed by atoms with Crippen LogP contribution in [0.3, 0.4) is 0 Å². The molecule has 0 radical (unpaired) electrons. The molecule has 4 fully saturated rings. The highest BCUT2D eigenvalue weighted by Gasteiger charge is 2.53. The minimum absolute atomic E-state index is 0.0696. The van der Waals surface area contributed by atoms with Gasteiger partial charge in [0.25, 0.3) is 5.78 Å². The Labute approximate surface area is 176 Å². The van der Waals surface area contributed by atoms with Crippen LogP contribution in [0.2, 0.25) is 0 Å². The number of carbonyl (C=O) groups excluding carboxylic acids is 1. The lowest BCUT2D eigenvalue weighted by atomic mass is 9.49. The third-order valence-corrected chi connectivity index (χ3v) is 7.52. The Kier molecular flexibility index (Phi) is 3.83. The molecule has 2 heterocycles. The first-order valence-corrected chi connectivity index (χ1v) is 11.1. The van der Waals surface area contributed by atoms with E-state index >= 15 is 0 Å². The van der Waals surface area contributed by atoms with E-state index in [0.717, 1.165) is 40.8 Å². The molecule has 4 saturated carbocycles. The van der Waals surface area contributed by atoms with E-state index in [1.165, 1.54) is 38.5 Å². The first-order chi connectivity index (χ1) is 14.5. The molecule has 3 aromatic rings. The summed E-state index contributed by atoms with van der Waals surface area (Å²) in [6.07, 6.45) is 7.95. The molecule has 1 aromatic carbocycles. The minimum atomic E-state index is 0.0696. The molecule has 4 aliphatic carbocycles. The smallest absolute Gasteiger partial charge is 0.254 e. The summed E-state index contributed by atoms with van der Waals surface area (Å²) in [5.41, 5.74) is 2.69. The van der Waals surface area contributed by atoms with Gasteiger partial charge < -0.3 is 5.32 Å². The van der Waals surface area contributed by atoms with Crippen molar-refractivity contribution in [1.82, 2.24) is 19.6 Å². The second-order valence-corrected chi connectivity index (χ2v) is 9.89. The van der Waals surface area contributed by atoms with Crippen molar-refractivity contribution in [1.29, 1.82) is 0 Å². The molecule has 6 nitrogen and oxygen atoms in total.